The van der Waals surface area contributed by atoms with Gasteiger partial charge in [-0.05, 0) is 25.1 Å². The van der Waals surface area contributed by atoms with E-state index in [0.29, 0.717) is 12.2 Å². The van der Waals surface area contributed by atoms with Gasteiger partial charge in [-0.1, -0.05) is 18.2 Å². The number of non-ortho nitro benzene ring substituents is 1. The molecule has 2 aromatic rings. The molecule has 2 aromatic carbocycles. The second-order valence-corrected chi connectivity index (χ2v) is 4.98. The molecule has 1 amide bonds. The Morgan fingerprint density at radius 1 is 1.04 bits per heavy atom. The van der Waals surface area contributed by atoms with Crippen molar-refractivity contribution in [3.05, 3.63) is 74.3 Å². The van der Waals surface area contributed by atoms with Gasteiger partial charge in [0.15, 0.2) is 0 Å². The number of hydrogen-bond donors (Lipinski definition) is 0. The summed E-state index contributed by atoms with van der Waals surface area (Å²) in [5, 5.41) is 21.9. The van der Waals surface area contributed by atoms with E-state index in [1.807, 2.05) is 6.07 Å². The molecule has 0 atom stereocenters. The van der Waals surface area contributed by atoms with Crippen molar-refractivity contribution < 1.29 is 14.6 Å². The highest BCUT2D eigenvalue weighted by molar-refractivity contribution is 5.95. The molecular weight excluding hydrogens is 314 g/mol. The summed E-state index contributed by atoms with van der Waals surface area (Å²) in [4.78, 5) is 34.5. The second kappa shape index (κ2) is 7.32. The van der Waals surface area contributed by atoms with Gasteiger partial charge in [0.1, 0.15) is 0 Å². The summed E-state index contributed by atoms with van der Waals surface area (Å²) in [6, 6.07) is 12.2. The van der Waals surface area contributed by atoms with Gasteiger partial charge in [0, 0.05) is 23.9 Å². The highest BCUT2D eigenvalue weighted by Gasteiger charge is 2.23. The first-order chi connectivity index (χ1) is 11.4. The smallest absolute Gasteiger partial charge is 0.279 e. The zero-order chi connectivity index (χ0) is 17.7. The highest BCUT2D eigenvalue weighted by Crippen LogP contribution is 2.26. The van der Waals surface area contributed by atoms with Crippen LogP contribution >= 0.6 is 0 Å². The number of carbonyl (C=O) groups is 1. The lowest BCUT2D eigenvalue weighted by Crippen LogP contribution is -2.32. The summed E-state index contributed by atoms with van der Waals surface area (Å²) >= 11 is 0. The number of nitro groups is 2. The van der Waals surface area contributed by atoms with Crippen molar-refractivity contribution in [1.82, 2.24) is 0 Å². The predicted octanol–water partition coefficient (Wildman–Crippen LogP) is 3.10. The molecule has 0 heterocycles. The van der Waals surface area contributed by atoms with Gasteiger partial charge in [-0.25, -0.2) is 0 Å². The van der Waals surface area contributed by atoms with E-state index in [1.165, 1.54) is 11.0 Å². The van der Waals surface area contributed by atoms with Crippen molar-refractivity contribution in [2.24, 2.45) is 0 Å². The number of amides is 1. The Kier molecular flexibility index (Phi) is 5.20. The third kappa shape index (κ3) is 3.72. The van der Waals surface area contributed by atoms with E-state index >= 15 is 0 Å². The van der Waals surface area contributed by atoms with Gasteiger partial charge in [0.2, 0.25) is 5.91 Å². The zero-order valence-corrected chi connectivity index (χ0v) is 12.9. The Morgan fingerprint density at radius 2 is 1.71 bits per heavy atom. The van der Waals surface area contributed by atoms with E-state index in [4.69, 9.17) is 0 Å². The maximum absolute atomic E-state index is 12.5. The molecule has 0 aliphatic rings. The van der Waals surface area contributed by atoms with Gasteiger partial charge in [-0.2, -0.15) is 0 Å². The van der Waals surface area contributed by atoms with Crippen LogP contribution in [-0.4, -0.2) is 22.3 Å². The fraction of sp³-hybridized carbons (Fsp3) is 0.188. The molecule has 24 heavy (non-hydrogen) atoms. The van der Waals surface area contributed by atoms with Gasteiger partial charge in [0.25, 0.3) is 11.4 Å². The molecule has 8 heteroatoms. The summed E-state index contributed by atoms with van der Waals surface area (Å²) in [6.07, 6.45) is -0.211. The summed E-state index contributed by atoms with van der Waals surface area (Å²) in [5.41, 5.74) is 0.0227. The number of nitro benzene ring substituents is 2. The second-order valence-electron chi connectivity index (χ2n) is 4.98. The Bertz CT molecular complexity index is 777. The SMILES string of the molecule is CCN(C(=O)Cc1ccc([N+](=O)[O-])cc1[N+](=O)[O-])c1ccccc1. The van der Waals surface area contributed by atoms with Crippen molar-refractivity contribution in [3.8, 4) is 0 Å². The largest absolute Gasteiger partial charge is 0.312 e. The normalized spacial score (nSPS) is 10.2. The average Bonchev–Trinajstić information content (AvgIpc) is 2.56. The van der Waals surface area contributed by atoms with Crippen LogP contribution in [0.1, 0.15) is 12.5 Å². The summed E-state index contributed by atoms with van der Waals surface area (Å²) < 4.78 is 0. The summed E-state index contributed by atoms with van der Waals surface area (Å²) in [7, 11) is 0. The van der Waals surface area contributed by atoms with Crippen molar-refractivity contribution in [1.29, 1.82) is 0 Å². The van der Waals surface area contributed by atoms with E-state index in [-0.39, 0.29) is 23.6 Å². The minimum atomic E-state index is -0.714. The van der Waals surface area contributed by atoms with Crippen molar-refractivity contribution in [3.63, 3.8) is 0 Å². The van der Waals surface area contributed by atoms with Crippen LogP contribution in [0.3, 0.4) is 0 Å². The number of nitrogens with zero attached hydrogens (tertiary/aromatic N) is 3. The maximum atomic E-state index is 12.5. The molecule has 0 bridgehead atoms. The molecule has 124 valence electrons. The minimum absolute atomic E-state index is 0.144. The first-order valence-electron chi connectivity index (χ1n) is 7.21. The summed E-state index contributed by atoms with van der Waals surface area (Å²) in [5.74, 6) is -0.319. The molecule has 0 N–H and O–H groups in total. The van der Waals surface area contributed by atoms with Gasteiger partial charge < -0.3 is 4.90 Å². The number of anilines is 1. The fourth-order valence-corrected chi connectivity index (χ4v) is 2.35. The molecule has 0 radical (unpaired) electrons. The maximum Gasteiger partial charge on any atom is 0.279 e. The van der Waals surface area contributed by atoms with Crippen LogP contribution in [0.2, 0.25) is 0 Å². The van der Waals surface area contributed by atoms with E-state index in [1.54, 1.807) is 31.2 Å². The Hall–Kier alpha value is -3.29. The average molecular weight is 329 g/mol. The van der Waals surface area contributed by atoms with E-state index < -0.39 is 15.5 Å². The molecule has 0 fully saturated rings. The molecule has 0 unspecified atom stereocenters. The van der Waals surface area contributed by atoms with Gasteiger partial charge in [-0.3, -0.25) is 25.0 Å². The van der Waals surface area contributed by atoms with Crippen LogP contribution in [0, 0.1) is 20.2 Å². The number of hydrogen-bond acceptors (Lipinski definition) is 5. The van der Waals surface area contributed by atoms with Crippen molar-refractivity contribution in [2.45, 2.75) is 13.3 Å². The van der Waals surface area contributed by atoms with E-state index in [9.17, 15) is 25.0 Å². The van der Waals surface area contributed by atoms with Crippen molar-refractivity contribution >= 4 is 23.0 Å². The minimum Gasteiger partial charge on any atom is -0.312 e. The van der Waals surface area contributed by atoms with Crippen LogP contribution in [0.4, 0.5) is 17.1 Å². The lowest BCUT2D eigenvalue weighted by molar-refractivity contribution is -0.394. The van der Waals surface area contributed by atoms with Gasteiger partial charge in [-0.15, -0.1) is 0 Å². The number of carbonyl (C=O) groups excluding carboxylic acids is 1. The monoisotopic (exact) mass is 329 g/mol. The molecule has 0 saturated carbocycles. The molecule has 0 aliphatic heterocycles. The summed E-state index contributed by atoms with van der Waals surface area (Å²) in [6.45, 7) is 2.21. The predicted molar refractivity (Wildman–Crippen MR) is 87.9 cm³/mol. The topological polar surface area (TPSA) is 107 Å². The third-order valence-electron chi connectivity index (χ3n) is 3.50. The van der Waals surface area contributed by atoms with E-state index in [2.05, 4.69) is 0 Å². The quantitative estimate of drug-likeness (QED) is 0.598. The lowest BCUT2D eigenvalue weighted by Gasteiger charge is -2.21. The molecule has 0 aliphatic carbocycles. The Balaban J connectivity index is 2.31. The van der Waals surface area contributed by atoms with Gasteiger partial charge in [0.05, 0.1) is 22.3 Å². The molecule has 8 nitrogen and oxygen atoms in total. The molecule has 0 aromatic heterocycles. The Morgan fingerprint density at radius 3 is 2.25 bits per heavy atom. The number of rotatable bonds is 6. The molecular formula is C16H15N3O5. The molecule has 2 rings (SSSR count). The van der Waals surface area contributed by atoms with E-state index in [0.717, 1.165) is 12.1 Å². The number of likely N-dealkylation sites (N-methyl/N-ethyl adjacent to an activating group) is 1. The third-order valence-corrected chi connectivity index (χ3v) is 3.50. The zero-order valence-electron chi connectivity index (χ0n) is 12.9. The van der Waals surface area contributed by atoms with Crippen LogP contribution in [0.25, 0.3) is 0 Å². The lowest BCUT2D eigenvalue weighted by atomic mass is 10.1. The van der Waals surface area contributed by atoms with Crippen LogP contribution in [-0.2, 0) is 11.2 Å². The Labute approximate surface area is 137 Å². The highest BCUT2D eigenvalue weighted by atomic mass is 16.6. The fourth-order valence-electron chi connectivity index (χ4n) is 2.35. The molecule has 0 spiro atoms. The number of benzene rings is 2. The number of para-hydroxylation sites is 1. The van der Waals surface area contributed by atoms with Gasteiger partial charge >= 0.3 is 0 Å². The molecule has 0 saturated heterocycles. The van der Waals surface area contributed by atoms with Crippen LogP contribution < -0.4 is 4.90 Å². The van der Waals surface area contributed by atoms with Crippen LogP contribution in [0.5, 0.6) is 0 Å². The first-order valence-corrected chi connectivity index (χ1v) is 7.21. The van der Waals surface area contributed by atoms with Crippen molar-refractivity contribution in [2.75, 3.05) is 11.4 Å². The first kappa shape index (κ1) is 17.1. The van der Waals surface area contributed by atoms with Crippen LogP contribution in [0.15, 0.2) is 48.5 Å². The standard InChI is InChI=1S/C16H15N3O5/c1-2-17(13-6-4-3-5-7-13)16(20)10-12-8-9-14(18(21)22)11-15(12)19(23)24/h3-9,11H,2,10H2,1H3.